The van der Waals surface area contributed by atoms with Gasteiger partial charge in [0.2, 0.25) is 10.0 Å². The highest BCUT2D eigenvalue weighted by atomic mass is 35.5. The van der Waals surface area contributed by atoms with Gasteiger partial charge in [0.1, 0.15) is 11.6 Å². The topological polar surface area (TPSA) is 63.4 Å². The fourth-order valence-corrected chi connectivity index (χ4v) is 5.27. The van der Waals surface area contributed by atoms with Crippen molar-refractivity contribution in [1.82, 2.24) is 23.6 Å². The molecule has 4 rings (SSSR count). The zero-order valence-corrected chi connectivity index (χ0v) is 17.8. The largest absolute Gasteiger partial charge is 0.307 e. The average Bonchev–Trinajstić information content (AvgIpc) is 3.47. The minimum atomic E-state index is -3.70. The Morgan fingerprint density at radius 1 is 1.25 bits per heavy atom. The second-order valence-electron chi connectivity index (χ2n) is 7.21. The van der Waals surface area contributed by atoms with E-state index in [2.05, 4.69) is 10.00 Å². The summed E-state index contributed by atoms with van der Waals surface area (Å²) < 4.78 is 44.8. The molecule has 1 aromatic heterocycles. The van der Waals surface area contributed by atoms with Gasteiger partial charge < -0.3 is 4.57 Å². The molecule has 2 aliphatic rings. The minimum Gasteiger partial charge on any atom is -0.307 e. The molecule has 1 aliphatic carbocycles. The van der Waals surface area contributed by atoms with Gasteiger partial charge in [0.15, 0.2) is 4.77 Å². The molecule has 11 heteroatoms. The second-order valence-corrected chi connectivity index (χ2v) is 9.92. The summed E-state index contributed by atoms with van der Waals surface area (Å²) >= 11 is 11.2. The Kier molecular flexibility index (Phi) is 5.34. The number of sulfonamides is 1. The van der Waals surface area contributed by atoms with E-state index >= 15 is 0 Å². The van der Waals surface area contributed by atoms with Crippen molar-refractivity contribution in [3.8, 4) is 0 Å². The van der Waals surface area contributed by atoms with Gasteiger partial charge in [-0.2, -0.15) is 9.40 Å². The molecule has 1 saturated heterocycles. The monoisotopic (exact) mass is 445 g/mol. The van der Waals surface area contributed by atoms with Crippen molar-refractivity contribution in [2.45, 2.75) is 30.3 Å². The van der Waals surface area contributed by atoms with Crippen molar-refractivity contribution in [2.24, 2.45) is 7.05 Å². The number of aromatic nitrogens is 3. The van der Waals surface area contributed by atoms with Crippen LogP contribution in [-0.2, 0) is 23.7 Å². The van der Waals surface area contributed by atoms with E-state index in [0.29, 0.717) is 43.5 Å². The lowest BCUT2D eigenvalue weighted by Gasteiger charge is -2.33. The third kappa shape index (κ3) is 3.76. The molecule has 1 aromatic carbocycles. The molecule has 2 heterocycles. The van der Waals surface area contributed by atoms with Crippen LogP contribution in [-0.4, -0.2) is 58.1 Å². The van der Waals surface area contributed by atoms with Gasteiger partial charge in [-0.15, -0.1) is 0 Å². The highest BCUT2D eigenvalue weighted by Gasteiger charge is 2.31. The van der Waals surface area contributed by atoms with Gasteiger partial charge in [0, 0.05) is 39.1 Å². The summed E-state index contributed by atoms with van der Waals surface area (Å²) in [5, 5.41) is 4.45. The molecule has 0 radical (unpaired) electrons. The van der Waals surface area contributed by atoms with Crippen molar-refractivity contribution >= 4 is 33.8 Å². The number of nitrogens with zero attached hydrogens (tertiary/aromatic N) is 5. The Bertz CT molecular complexity index is 1060. The maximum absolute atomic E-state index is 13.3. The van der Waals surface area contributed by atoms with Crippen molar-refractivity contribution in [3.05, 3.63) is 39.6 Å². The first kappa shape index (κ1) is 20.0. The zero-order chi connectivity index (χ0) is 20.1. The van der Waals surface area contributed by atoms with Crippen LogP contribution in [0.15, 0.2) is 23.1 Å². The molecule has 0 unspecified atom stereocenters. The number of hydrogen-bond acceptors (Lipinski definition) is 5. The molecule has 7 nitrogen and oxygen atoms in total. The van der Waals surface area contributed by atoms with E-state index in [0.717, 1.165) is 30.8 Å². The van der Waals surface area contributed by atoms with E-state index < -0.39 is 15.8 Å². The van der Waals surface area contributed by atoms with Crippen molar-refractivity contribution in [1.29, 1.82) is 0 Å². The standard InChI is InChI=1S/C17H21ClFN5O2S2/c1-21-16(12-2-3-12)20-24(17(21)27)11-22-6-8-23(9-7-22)28(25,26)13-4-5-15(19)14(18)10-13/h4-5,10,12H,2-3,6-9,11H2,1H3. The van der Waals surface area contributed by atoms with E-state index in [1.54, 1.807) is 0 Å². The van der Waals surface area contributed by atoms with E-state index in [4.69, 9.17) is 23.8 Å². The predicted molar refractivity (Wildman–Crippen MR) is 106 cm³/mol. The van der Waals surface area contributed by atoms with Crippen LogP contribution in [0.3, 0.4) is 0 Å². The molecule has 2 fully saturated rings. The third-order valence-electron chi connectivity index (χ3n) is 5.21. The van der Waals surface area contributed by atoms with Crippen LogP contribution in [0.2, 0.25) is 5.02 Å². The number of halogens is 2. The summed E-state index contributed by atoms with van der Waals surface area (Å²) in [7, 11) is -1.76. The average molecular weight is 446 g/mol. The van der Waals surface area contributed by atoms with E-state index in [1.807, 2.05) is 16.3 Å². The molecule has 152 valence electrons. The molecule has 1 saturated carbocycles. The lowest BCUT2D eigenvalue weighted by molar-refractivity contribution is 0.144. The Labute approximate surface area is 173 Å². The normalized spacial score (nSPS) is 19.2. The Morgan fingerprint density at radius 3 is 2.54 bits per heavy atom. The first-order valence-corrected chi connectivity index (χ1v) is 11.3. The van der Waals surface area contributed by atoms with Crippen molar-refractivity contribution in [3.63, 3.8) is 0 Å². The fourth-order valence-electron chi connectivity index (χ4n) is 3.38. The third-order valence-corrected chi connectivity index (χ3v) is 7.88. The van der Waals surface area contributed by atoms with Crippen LogP contribution >= 0.6 is 23.8 Å². The Hall–Kier alpha value is -1.33. The SMILES string of the molecule is Cn1c(C2CC2)nn(CN2CCN(S(=O)(=O)c3ccc(F)c(Cl)c3)CC2)c1=S. The molecular weight excluding hydrogens is 425 g/mol. The molecule has 0 atom stereocenters. The van der Waals surface area contributed by atoms with Crippen LogP contribution in [0.5, 0.6) is 0 Å². The van der Waals surface area contributed by atoms with Crippen LogP contribution in [0.1, 0.15) is 24.6 Å². The molecule has 1 aliphatic heterocycles. The second kappa shape index (κ2) is 7.49. The van der Waals surface area contributed by atoms with Crippen LogP contribution in [0, 0.1) is 10.6 Å². The summed E-state index contributed by atoms with van der Waals surface area (Å²) in [4.78, 5) is 2.14. The highest BCUT2D eigenvalue weighted by Crippen LogP contribution is 2.38. The van der Waals surface area contributed by atoms with Gasteiger partial charge in [-0.1, -0.05) is 11.6 Å². The van der Waals surface area contributed by atoms with Crippen molar-refractivity contribution in [2.75, 3.05) is 26.2 Å². The van der Waals surface area contributed by atoms with E-state index in [9.17, 15) is 12.8 Å². The highest BCUT2D eigenvalue weighted by molar-refractivity contribution is 7.89. The van der Waals surface area contributed by atoms with Gasteiger partial charge in [0.05, 0.1) is 16.6 Å². The first-order valence-electron chi connectivity index (χ1n) is 9.08. The maximum Gasteiger partial charge on any atom is 0.243 e. The van der Waals surface area contributed by atoms with Gasteiger partial charge >= 0.3 is 0 Å². The summed E-state index contributed by atoms with van der Waals surface area (Å²) in [5.41, 5.74) is 0. The van der Waals surface area contributed by atoms with Crippen molar-refractivity contribution < 1.29 is 12.8 Å². The van der Waals surface area contributed by atoms with E-state index in [-0.39, 0.29) is 9.92 Å². The number of benzene rings is 1. The fraction of sp³-hybridized carbons (Fsp3) is 0.529. The summed E-state index contributed by atoms with van der Waals surface area (Å²) in [5.74, 6) is 0.903. The molecule has 28 heavy (non-hydrogen) atoms. The van der Waals surface area contributed by atoms with Gasteiger partial charge in [-0.25, -0.2) is 17.5 Å². The molecule has 0 spiro atoms. The lowest BCUT2D eigenvalue weighted by Crippen LogP contribution is -2.48. The Morgan fingerprint density at radius 2 is 1.93 bits per heavy atom. The molecule has 0 N–H and O–H groups in total. The van der Waals surface area contributed by atoms with Crippen LogP contribution < -0.4 is 0 Å². The zero-order valence-electron chi connectivity index (χ0n) is 15.4. The van der Waals surface area contributed by atoms with E-state index in [1.165, 1.54) is 10.4 Å². The lowest BCUT2D eigenvalue weighted by atomic mass is 10.3. The van der Waals surface area contributed by atoms with Gasteiger partial charge in [0.25, 0.3) is 0 Å². The first-order chi connectivity index (χ1) is 13.3. The smallest absolute Gasteiger partial charge is 0.243 e. The number of rotatable bonds is 5. The number of hydrogen-bond donors (Lipinski definition) is 0. The van der Waals surface area contributed by atoms with Crippen LogP contribution in [0.25, 0.3) is 0 Å². The van der Waals surface area contributed by atoms with Crippen LogP contribution in [0.4, 0.5) is 4.39 Å². The maximum atomic E-state index is 13.3. The summed E-state index contributed by atoms with van der Waals surface area (Å²) in [6.07, 6.45) is 2.31. The predicted octanol–water partition coefficient (Wildman–Crippen LogP) is 2.58. The molecular formula is C17H21ClFN5O2S2. The molecule has 0 bridgehead atoms. The molecule has 0 amide bonds. The number of piperazine rings is 1. The minimum absolute atomic E-state index is 0.00775. The molecule has 2 aromatic rings. The summed E-state index contributed by atoms with van der Waals surface area (Å²) in [6, 6.07) is 3.48. The van der Waals surface area contributed by atoms with Gasteiger partial charge in [-0.05, 0) is 43.3 Å². The Balaban J connectivity index is 1.42. The summed E-state index contributed by atoms with van der Waals surface area (Å²) in [6.45, 7) is 2.34. The quantitative estimate of drug-likeness (QED) is 0.662. The van der Waals surface area contributed by atoms with Gasteiger partial charge in [-0.3, -0.25) is 4.90 Å².